The highest BCUT2D eigenvalue weighted by Gasteiger charge is 2.28. The number of hydrogen-bond acceptors (Lipinski definition) is 5. The first-order valence-corrected chi connectivity index (χ1v) is 7.47. The normalized spacial score (nSPS) is 19.9. The van der Waals surface area contributed by atoms with E-state index in [1.165, 1.54) is 4.80 Å². The van der Waals surface area contributed by atoms with E-state index >= 15 is 0 Å². The van der Waals surface area contributed by atoms with Gasteiger partial charge >= 0.3 is 0 Å². The molecule has 0 spiro atoms. The Morgan fingerprint density at radius 3 is 2.86 bits per heavy atom. The Morgan fingerprint density at radius 2 is 2.14 bits per heavy atom. The van der Waals surface area contributed by atoms with Crippen LogP contribution in [0.15, 0.2) is 30.3 Å². The standard InChI is InChI=1S/C15H19N5O2/c1-11(15(22)19-9-5-8-13(21)10-19)20-17-14(16-18-20)12-6-3-2-4-7-12/h2-4,6-7,11,13,21H,5,8-10H2,1H3. The SMILES string of the molecule is CC(C(=O)N1CCCC(O)C1)n1nnc(-c2ccccc2)n1. The zero-order valence-corrected chi connectivity index (χ0v) is 12.5. The van der Waals surface area contributed by atoms with Crippen molar-refractivity contribution in [2.24, 2.45) is 0 Å². The molecule has 0 radical (unpaired) electrons. The molecular weight excluding hydrogens is 282 g/mol. The summed E-state index contributed by atoms with van der Waals surface area (Å²) in [6.07, 6.45) is 1.13. The lowest BCUT2D eigenvalue weighted by atomic mass is 10.1. The number of tetrazole rings is 1. The first kappa shape index (κ1) is 14.6. The molecule has 1 aromatic heterocycles. The summed E-state index contributed by atoms with van der Waals surface area (Å²) in [6, 6.07) is 8.99. The van der Waals surface area contributed by atoms with Gasteiger partial charge in [0.25, 0.3) is 0 Å². The van der Waals surface area contributed by atoms with E-state index in [1.54, 1.807) is 11.8 Å². The number of aromatic nitrogens is 4. The molecule has 1 aliphatic heterocycles. The zero-order valence-electron chi connectivity index (χ0n) is 12.5. The predicted molar refractivity (Wildman–Crippen MR) is 79.8 cm³/mol. The smallest absolute Gasteiger partial charge is 0.249 e. The van der Waals surface area contributed by atoms with Crippen molar-refractivity contribution < 1.29 is 9.90 Å². The summed E-state index contributed by atoms with van der Waals surface area (Å²) in [4.78, 5) is 15.5. The summed E-state index contributed by atoms with van der Waals surface area (Å²) in [5.74, 6) is 0.412. The van der Waals surface area contributed by atoms with E-state index in [-0.39, 0.29) is 5.91 Å². The molecular formula is C15H19N5O2. The number of nitrogens with zero attached hydrogens (tertiary/aromatic N) is 5. The minimum Gasteiger partial charge on any atom is -0.391 e. The Bertz CT molecular complexity index is 642. The number of β-amino-alcohol motifs (C(OH)–C–C–N with tert-alkyl or cyclic N) is 1. The van der Waals surface area contributed by atoms with Crippen molar-refractivity contribution >= 4 is 5.91 Å². The number of benzene rings is 1. The molecule has 22 heavy (non-hydrogen) atoms. The molecule has 2 unspecified atom stereocenters. The van der Waals surface area contributed by atoms with Crippen LogP contribution in [0.2, 0.25) is 0 Å². The summed E-state index contributed by atoms with van der Waals surface area (Å²) in [5, 5.41) is 22.0. The second-order valence-electron chi connectivity index (χ2n) is 5.56. The molecule has 7 nitrogen and oxygen atoms in total. The molecule has 3 rings (SSSR count). The van der Waals surface area contributed by atoms with Gasteiger partial charge in [-0.05, 0) is 25.0 Å². The number of amides is 1. The molecule has 2 aromatic rings. The van der Waals surface area contributed by atoms with Crippen LogP contribution in [0.4, 0.5) is 0 Å². The maximum absolute atomic E-state index is 12.5. The number of rotatable bonds is 3. The van der Waals surface area contributed by atoms with Crippen LogP contribution in [0.5, 0.6) is 0 Å². The maximum atomic E-state index is 12.5. The van der Waals surface area contributed by atoms with E-state index in [2.05, 4.69) is 15.4 Å². The van der Waals surface area contributed by atoms with Crippen LogP contribution in [-0.2, 0) is 4.79 Å². The van der Waals surface area contributed by atoms with Crippen LogP contribution in [-0.4, -0.2) is 55.3 Å². The van der Waals surface area contributed by atoms with E-state index in [9.17, 15) is 9.90 Å². The zero-order chi connectivity index (χ0) is 15.5. The molecule has 2 atom stereocenters. The highest BCUT2D eigenvalue weighted by atomic mass is 16.3. The number of piperidine rings is 1. The van der Waals surface area contributed by atoms with Crippen molar-refractivity contribution in [2.45, 2.75) is 31.9 Å². The van der Waals surface area contributed by atoms with Crippen molar-refractivity contribution in [3.63, 3.8) is 0 Å². The maximum Gasteiger partial charge on any atom is 0.249 e. The lowest BCUT2D eigenvalue weighted by Gasteiger charge is -2.31. The molecule has 1 saturated heterocycles. The number of aliphatic hydroxyl groups is 1. The van der Waals surface area contributed by atoms with Gasteiger partial charge in [-0.15, -0.1) is 10.2 Å². The average Bonchev–Trinajstić information content (AvgIpc) is 3.04. The number of aliphatic hydroxyl groups excluding tert-OH is 1. The second-order valence-corrected chi connectivity index (χ2v) is 5.56. The minimum atomic E-state index is -0.532. The summed E-state index contributed by atoms with van der Waals surface area (Å²) >= 11 is 0. The minimum absolute atomic E-state index is 0.0873. The van der Waals surface area contributed by atoms with Gasteiger partial charge in [-0.2, -0.15) is 4.80 Å². The van der Waals surface area contributed by atoms with Gasteiger partial charge in [0.2, 0.25) is 11.7 Å². The first-order valence-electron chi connectivity index (χ1n) is 7.47. The summed E-state index contributed by atoms with van der Waals surface area (Å²) < 4.78 is 0. The topological polar surface area (TPSA) is 84.1 Å². The summed E-state index contributed by atoms with van der Waals surface area (Å²) in [6.45, 7) is 2.80. The van der Waals surface area contributed by atoms with E-state index in [4.69, 9.17) is 0 Å². The molecule has 7 heteroatoms. The Kier molecular flexibility index (Phi) is 4.15. The quantitative estimate of drug-likeness (QED) is 0.910. The van der Waals surface area contributed by atoms with E-state index in [0.717, 1.165) is 18.4 Å². The highest BCUT2D eigenvalue weighted by molar-refractivity contribution is 5.80. The van der Waals surface area contributed by atoms with Crippen LogP contribution < -0.4 is 0 Å². The van der Waals surface area contributed by atoms with Gasteiger partial charge in [0, 0.05) is 18.7 Å². The molecule has 1 aromatic carbocycles. The Hall–Kier alpha value is -2.28. The first-order chi connectivity index (χ1) is 10.6. The van der Waals surface area contributed by atoms with Crippen molar-refractivity contribution in [3.05, 3.63) is 30.3 Å². The van der Waals surface area contributed by atoms with Crippen LogP contribution in [0, 0.1) is 0 Å². The molecule has 0 saturated carbocycles. The van der Waals surface area contributed by atoms with E-state index < -0.39 is 12.1 Å². The third-order valence-corrected chi connectivity index (χ3v) is 3.87. The van der Waals surface area contributed by atoms with Crippen LogP contribution in [0.25, 0.3) is 11.4 Å². The summed E-state index contributed by atoms with van der Waals surface area (Å²) in [7, 11) is 0. The largest absolute Gasteiger partial charge is 0.391 e. The van der Waals surface area contributed by atoms with Crippen LogP contribution >= 0.6 is 0 Å². The van der Waals surface area contributed by atoms with Gasteiger partial charge in [-0.3, -0.25) is 4.79 Å². The van der Waals surface area contributed by atoms with Crippen LogP contribution in [0.1, 0.15) is 25.8 Å². The van der Waals surface area contributed by atoms with Gasteiger partial charge in [0.1, 0.15) is 6.04 Å². The highest BCUT2D eigenvalue weighted by Crippen LogP contribution is 2.17. The van der Waals surface area contributed by atoms with Crippen molar-refractivity contribution in [1.82, 2.24) is 25.1 Å². The lowest BCUT2D eigenvalue weighted by molar-refractivity contribution is -0.138. The Balaban J connectivity index is 1.74. The average molecular weight is 301 g/mol. The number of hydrogen-bond donors (Lipinski definition) is 1. The number of carbonyl (C=O) groups is 1. The predicted octanol–water partition coefficient (Wildman–Crippen LogP) is 0.884. The molecule has 1 fully saturated rings. The third-order valence-electron chi connectivity index (χ3n) is 3.87. The number of carbonyl (C=O) groups excluding carboxylic acids is 1. The molecule has 1 N–H and O–H groups in total. The van der Waals surface area contributed by atoms with Crippen molar-refractivity contribution in [1.29, 1.82) is 0 Å². The monoisotopic (exact) mass is 301 g/mol. The van der Waals surface area contributed by atoms with E-state index in [0.29, 0.717) is 18.9 Å². The van der Waals surface area contributed by atoms with Gasteiger partial charge < -0.3 is 10.0 Å². The Morgan fingerprint density at radius 1 is 1.36 bits per heavy atom. The second kappa shape index (κ2) is 6.23. The van der Waals surface area contributed by atoms with Crippen LogP contribution in [0.3, 0.4) is 0 Å². The van der Waals surface area contributed by atoms with Gasteiger partial charge in [0.15, 0.2) is 0 Å². The fourth-order valence-electron chi connectivity index (χ4n) is 2.61. The molecule has 0 aliphatic carbocycles. The molecule has 1 amide bonds. The molecule has 2 heterocycles. The molecule has 1 aliphatic rings. The van der Waals surface area contributed by atoms with E-state index in [1.807, 2.05) is 30.3 Å². The Labute approximate surface area is 128 Å². The number of likely N-dealkylation sites (tertiary alicyclic amines) is 1. The lowest BCUT2D eigenvalue weighted by Crippen LogP contribution is -2.45. The summed E-state index contributed by atoms with van der Waals surface area (Å²) in [5.41, 5.74) is 0.863. The van der Waals surface area contributed by atoms with Gasteiger partial charge in [0.05, 0.1) is 6.10 Å². The fourth-order valence-corrected chi connectivity index (χ4v) is 2.61. The van der Waals surface area contributed by atoms with Crippen molar-refractivity contribution in [3.8, 4) is 11.4 Å². The third kappa shape index (κ3) is 2.99. The molecule has 0 bridgehead atoms. The fraction of sp³-hybridized carbons (Fsp3) is 0.467. The van der Waals surface area contributed by atoms with Crippen molar-refractivity contribution in [2.75, 3.05) is 13.1 Å². The van der Waals surface area contributed by atoms with Gasteiger partial charge in [-0.25, -0.2) is 0 Å². The van der Waals surface area contributed by atoms with Gasteiger partial charge in [-0.1, -0.05) is 30.3 Å². The molecule has 116 valence electrons.